The largest absolute Gasteiger partial charge is 0.481 e. The second kappa shape index (κ2) is 8.12. The van der Waals surface area contributed by atoms with Crippen LogP contribution in [0.25, 0.3) is 0 Å². The predicted octanol–water partition coefficient (Wildman–Crippen LogP) is 3.08. The first kappa shape index (κ1) is 16.8. The Kier molecular flexibility index (Phi) is 6.82. The van der Waals surface area contributed by atoms with Crippen molar-refractivity contribution >= 4 is 17.5 Å². The molecule has 1 aromatic rings. The summed E-state index contributed by atoms with van der Waals surface area (Å²) in [6, 6.07) is 4.98. The van der Waals surface area contributed by atoms with Gasteiger partial charge in [0.2, 0.25) is 0 Å². The maximum atomic E-state index is 11.8. The van der Waals surface area contributed by atoms with Crippen molar-refractivity contribution in [1.29, 1.82) is 0 Å². The van der Waals surface area contributed by atoms with Crippen molar-refractivity contribution in [2.75, 3.05) is 6.54 Å². The number of carbonyl (C=O) groups excluding carboxylic acids is 1. The van der Waals surface area contributed by atoms with Crippen LogP contribution in [0.3, 0.4) is 0 Å². The van der Waals surface area contributed by atoms with Crippen molar-refractivity contribution < 1.29 is 14.6 Å². The number of aliphatic hydroxyl groups excluding tert-OH is 1. The van der Waals surface area contributed by atoms with E-state index >= 15 is 0 Å². The first-order valence-electron chi connectivity index (χ1n) is 6.87. The summed E-state index contributed by atoms with van der Waals surface area (Å²) in [5.74, 6) is 0.312. The normalized spacial score (nSPS) is 13.7. The molecule has 5 heteroatoms. The van der Waals surface area contributed by atoms with E-state index in [0.717, 1.165) is 12.8 Å². The Bertz CT molecular complexity index is 449. The molecule has 0 radical (unpaired) electrons. The molecule has 0 heterocycles. The molecular formula is C15H22ClNO3. The zero-order chi connectivity index (χ0) is 15.1. The number of benzene rings is 1. The third-order valence-electron chi connectivity index (χ3n) is 2.92. The summed E-state index contributed by atoms with van der Waals surface area (Å²) in [5.41, 5.74) is 0.575. The quantitative estimate of drug-likeness (QED) is 0.761. The Hall–Kier alpha value is -1.26. The van der Waals surface area contributed by atoms with Crippen LogP contribution in [0.2, 0.25) is 5.02 Å². The summed E-state index contributed by atoms with van der Waals surface area (Å²) in [6.45, 7) is 6.02. The highest BCUT2D eigenvalue weighted by molar-refractivity contribution is 6.30. The fourth-order valence-electron chi connectivity index (χ4n) is 1.73. The number of ether oxygens (including phenoxy) is 1. The van der Waals surface area contributed by atoms with Gasteiger partial charge in [-0.3, -0.25) is 4.79 Å². The summed E-state index contributed by atoms with van der Waals surface area (Å²) >= 11 is 5.90. The van der Waals surface area contributed by atoms with Gasteiger partial charge in [0.05, 0.1) is 6.10 Å². The highest BCUT2D eigenvalue weighted by Crippen LogP contribution is 2.29. The lowest BCUT2D eigenvalue weighted by Crippen LogP contribution is -2.37. The van der Waals surface area contributed by atoms with Crippen LogP contribution in [-0.4, -0.2) is 23.7 Å². The molecule has 1 amide bonds. The minimum Gasteiger partial charge on any atom is -0.481 e. The van der Waals surface area contributed by atoms with E-state index in [1.165, 1.54) is 0 Å². The van der Waals surface area contributed by atoms with Crippen LogP contribution in [-0.2, 0) is 4.79 Å². The first-order valence-corrected chi connectivity index (χ1v) is 7.25. The van der Waals surface area contributed by atoms with Gasteiger partial charge in [-0.1, -0.05) is 24.9 Å². The smallest absolute Gasteiger partial charge is 0.260 e. The van der Waals surface area contributed by atoms with Crippen LogP contribution in [0.1, 0.15) is 45.3 Å². The Labute approximate surface area is 125 Å². The Morgan fingerprint density at radius 1 is 1.45 bits per heavy atom. The molecule has 1 unspecified atom stereocenters. The SMILES string of the molecule is CCCCNC(=O)C(C)Oc1ccc(Cl)cc1[C@@H](C)O. The maximum absolute atomic E-state index is 11.8. The number of carbonyl (C=O) groups is 1. The number of nitrogens with one attached hydrogen (secondary N) is 1. The zero-order valence-electron chi connectivity index (χ0n) is 12.1. The van der Waals surface area contributed by atoms with Gasteiger partial charge in [-0.2, -0.15) is 0 Å². The maximum Gasteiger partial charge on any atom is 0.260 e. The molecule has 0 spiro atoms. The number of halogens is 1. The molecule has 2 atom stereocenters. The minimum absolute atomic E-state index is 0.162. The fourth-order valence-corrected chi connectivity index (χ4v) is 1.91. The van der Waals surface area contributed by atoms with E-state index in [0.29, 0.717) is 22.9 Å². The van der Waals surface area contributed by atoms with E-state index in [1.54, 1.807) is 32.0 Å². The molecule has 0 saturated heterocycles. The number of aliphatic hydroxyl groups is 1. The van der Waals surface area contributed by atoms with Gasteiger partial charge < -0.3 is 15.2 Å². The first-order chi connectivity index (χ1) is 9.45. The lowest BCUT2D eigenvalue weighted by molar-refractivity contribution is -0.127. The molecule has 0 aliphatic carbocycles. The molecule has 0 aromatic heterocycles. The fraction of sp³-hybridized carbons (Fsp3) is 0.533. The molecule has 1 rings (SSSR count). The van der Waals surface area contributed by atoms with Gasteiger partial charge in [-0.05, 0) is 38.5 Å². The summed E-state index contributed by atoms with van der Waals surface area (Å²) in [5, 5.41) is 13.0. The monoisotopic (exact) mass is 299 g/mol. The van der Waals surface area contributed by atoms with Gasteiger partial charge in [0, 0.05) is 17.1 Å². The highest BCUT2D eigenvalue weighted by Gasteiger charge is 2.17. The van der Waals surface area contributed by atoms with Gasteiger partial charge in [0.15, 0.2) is 6.10 Å². The van der Waals surface area contributed by atoms with Gasteiger partial charge in [0.25, 0.3) is 5.91 Å². The molecule has 0 bridgehead atoms. The average molecular weight is 300 g/mol. The molecule has 0 fully saturated rings. The van der Waals surface area contributed by atoms with Crippen molar-refractivity contribution in [3.05, 3.63) is 28.8 Å². The second-order valence-corrected chi connectivity index (χ2v) is 5.20. The number of hydrogen-bond donors (Lipinski definition) is 2. The van der Waals surface area contributed by atoms with Crippen molar-refractivity contribution in [1.82, 2.24) is 5.32 Å². The molecule has 0 aliphatic rings. The molecular weight excluding hydrogens is 278 g/mol. The van der Waals surface area contributed by atoms with Crippen molar-refractivity contribution in [3.63, 3.8) is 0 Å². The van der Waals surface area contributed by atoms with Gasteiger partial charge in [-0.25, -0.2) is 0 Å². The molecule has 1 aromatic carbocycles. The van der Waals surface area contributed by atoms with E-state index in [-0.39, 0.29) is 5.91 Å². The van der Waals surface area contributed by atoms with Crippen LogP contribution in [0.4, 0.5) is 0 Å². The average Bonchev–Trinajstić information content (AvgIpc) is 2.40. The minimum atomic E-state index is -0.709. The third-order valence-corrected chi connectivity index (χ3v) is 3.16. The summed E-state index contributed by atoms with van der Waals surface area (Å²) < 4.78 is 5.62. The molecule has 20 heavy (non-hydrogen) atoms. The predicted molar refractivity (Wildman–Crippen MR) is 80.1 cm³/mol. The van der Waals surface area contributed by atoms with Crippen molar-refractivity contribution in [2.45, 2.75) is 45.8 Å². The summed E-state index contributed by atoms with van der Waals surface area (Å²) in [4.78, 5) is 11.8. The molecule has 0 aliphatic heterocycles. The van der Waals surface area contributed by atoms with Crippen molar-refractivity contribution in [2.24, 2.45) is 0 Å². The van der Waals surface area contributed by atoms with Crippen LogP contribution < -0.4 is 10.1 Å². The summed E-state index contributed by atoms with van der Waals surface area (Å²) in [7, 11) is 0. The standard InChI is InChI=1S/C15H22ClNO3/c1-4-5-8-17-15(19)11(3)20-14-7-6-12(16)9-13(14)10(2)18/h6-7,9-11,18H,4-5,8H2,1-3H3,(H,17,19)/t10-,11?/m1/s1. The van der Waals surface area contributed by atoms with E-state index in [1.807, 2.05) is 0 Å². The van der Waals surface area contributed by atoms with Crippen molar-refractivity contribution in [3.8, 4) is 5.75 Å². The Morgan fingerprint density at radius 3 is 2.75 bits per heavy atom. The molecule has 112 valence electrons. The van der Waals surface area contributed by atoms with Crippen LogP contribution in [0.15, 0.2) is 18.2 Å². The number of amides is 1. The topological polar surface area (TPSA) is 58.6 Å². The van der Waals surface area contributed by atoms with Gasteiger partial charge >= 0.3 is 0 Å². The van der Waals surface area contributed by atoms with E-state index < -0.39 is 12.2 Å². The lowest BCUT2D eigenvalue weighted by atomic mass is 10.1. The molecule has 0 saturated carbocycles. The number of rotatable bonds is 7. The Balaban J connectivity index is 2.70. The third kappa shape index (κ3) is 5.02. The van der Waals surface area contributed by atoms with Crippen LogP contribution in [0, 0.1) is 0 Å². The van der Waals surface area contributed by atoms with E-state index in [9.17, 15) is 9.90 Å². The number of hydrogen-bond acceptors (Lipinski definition) is 3. The van der Waals surface area contributed by atoms with Gasteiger partial charge in [0.1, 0.15) is 5.75 Å². The highest BCUT2D eigenvalue weighted by atomic mass is 35.5. The second-order valence-electron chi connectivity index (χ2n) is 4.76. The lowest BCUT2D eigenvalue weighted by Gasteiger charge is -2.18. The van der Waals surface area contributed by atoms with E-state index in [2.05, 4.69) is 12.2 Å². The van der Waals surface area contributed by atoms with Crippen LogP contribution in [0.5, 0.6) is 5.75 Å². The van der Waals surface area contributed by atoms with E-state index in [4.69, 9.17) is 16.3 Å². The number of unbranched alkanes of at least 4 members (excludes halogenated alkanes) is 1. The van der Waals surface area contributed by atoms with Gasteiger partial charge in [-0.15, -0.1) is 0 Å². The van der Waals surface area contributed by atoms with Crippen LogP contribution >= 0.6 is 11.6 Å². The zero-order valence-corrected chi connectivity index (χ0v) is 12.9. The summed E-state index contributed by atoms with van der Waals surface area (Å²) in [6.07, 6.45) is 0.640. The molecule has 4 nitrogen and oxygen atoms in total. The Morgan fingerprint density at radius 2 is 2.15 bits per heavy atom. The molecule has 2 N–H and O–H groups in total.